The molecule has 2 aliphatic rings. The van der Waals surface area contributed by atoms with Gasteiger partial charge in [-0.2, -0.15) is 0 Å². The Hall–Kier alpha value is -2.13. The first-order chi connectivity index (χ1) is 12.5. The number of imidazole rings is 1. The number of aryl methyl sites for hydroxylation is 1. The maximum Gasteiger partial charge on any atom is 0.319 e. The fraction of sp³-hybridized carbons (Fsp3) is 0.412. The third-order valence-corrected chi connectivity index (χ3v) is 4.93. The Bertz CT molecular complexity index is 814. The van der Waals surface area contributed by atoms with E-state index in [1.165, 1.54) is 0 Å². The lowest BCUT2D eigenvalue weighted by molar-refractivity contribution is -0.163. The maximum absolute atomic E-state index is 12.4. The highest BCUT2D eigenvalue weighted by atomic mass is 35.5. The van der Waals surface area contributed by atoms with Crippen LogP contribution in [0.25, 0.3) is 0 Å². The van der Waals surface area contributed by atoms with Crippen molar-refractivity contribution < 1.29 is 19.4 Å². The van der Waals surface area contributed by atoms with Gasteiger partial charge in [0.25, 0.3) is 0 Å². The Labute approximate surface area is 155 Å². The number of hydrogen-bond donors (Lipinski definition) is 3. The summed E-state index contributed by atoms with van der Waals surface area (Å²) >= 11 is 5.93. The van der Waals surface area contributed by atoms with Gasteiger partial charge in [0.2, 0.25) is 0 Å². The van der Waals surface area contributed by atoms with Crippen LogP contribution in [-0.4, -0.2) is 51.8 Å². The molecule has 0 aliphatic carbocycles. The summed E-state index contributed by atoms with van der Waals surface area (Å²) in [7, 11) is 0. The maximum atomic E-state index is 12.4. The van der Waals surface area contributed by atoms with Gasteiger partial charge < -0.3 is 29.8 Å². The van der Waals surface area contributed by atoms with Crippen LogP contribution in [-0.2, 0) is 9.47 Å². The number of urea groups is 1. The molecular formula is C17H19ClN4O4. The standard InChI is InChI=1S/C17H19ClN4O4/c1-9-19-5-6-22(9)14-15(23)13(12-8-25-16(14)26-12)21-17(24)20-11-4-2-3-10(18)7-11/h2-7,12-16,23H,8H2,1H3,(H2,20,21,24)/t12-,13-,14-,15+,16-/m1/s1. The number of nitrogens with zero attached hydrogens (tertiary/aromatic N) is 2. The SMILES string of the molecule is Cc1nccn1[C@H]1[C@@H]2OC[C@@H](O2)[C@@H](NC(=O)Nc2cccc(Cl)c2)[C@@H]1O. The molecule has 1 aromatic carbocycles. The van der Waals surface area contributed by atoms with E-state index >= 15 is 0 Å². The number of ether oxygens (including phenoxy) is 2. The highest BCUT2D eigenvalue weighted by Gasteiger charge is 2.51. The van der Waals surface area contributed by atoms with Crippen LogP contribution >= 0.6 is 11.6 Å². The van der Waals surface area contributed by atoms with Crippen LogP contribution < -0.4 is 10.6 Å². The fourth-order valence-corrected chi connectivity index (χ4v) is 3.65. The molecule has 2 fully saturated rings. The van der Waals surface area contributed by atoms with Crippen molar-refractivity contribution in [1.82, 2.24) is 14.9 Å². The summed E-state index contributed by atoms with van der Waals surface area (Å²) in [6.45, 7) is 2.14. The Morgan fingerprint density at radius 2 is 2.31 bits per heavy atom. The van der Waals surface area contributed by atoms with Gasteiger partial charge in [-0.1, -0.05) is 17.7 Å². The first-order valence-electron chi connectivity index (χ1n) is 8.30. The van der Waals surface area contributed by atoms with E-state index < -0.39 is 36.6 Å². The first-order valence-corrected chi connectivity index (χ1v) is 8.68. The van der Waals surface area contributed by atoms with Crippen LogP contribution in [0.4, 0.5) is 10.5 Å². The van der Waals surface area contributed by atoms with Gasteiger partial charge in [0, 0.05) is 23.1 Å². The quantitative estimate of drug-likeness (QED) is 0.755. The molecule has 26 heavy (non-hydrogen) atoms. The molecule has 2 aliphatic heterocycles. The summed E-state index contributed by atoms with van der Waals surface area (Å²) in [5.41, 5.74) is 0.559. The molecule has 0 unspecified atom stereocenters. The summed E-state index contributed by atoms with van der Waals surface area (Å²) in [5, 5.41) is 16.9. The second-order valence-corrected chi connectivity index (χ2v) is 6.81. The molecule has 2 aromatic rings. The third-order valence-electron chi connectivity index (χ3n) is 4.69. The number of aliphatic hydroxyl groups excluding tert-OH is 1. The number of nitrogens with one attached hydrogen (secondary N) is 2. The van der Waals surface area contributed by atoms with Crippen LogP contribution in [0.3, 0.4) is 0 Å². The van der Waals surface area contributed by atoms with E-state index in [9.17, 15) is 9.90 Å². The topological polar surface area (TPSA) is 97.6 Å². The Morgan fingerprint density at radius 3 is 3.04 bits per heavy atom. The summed E-state index contributed by atoms with van der Waals surface area (Å²) in [6.07, 6.45) is 1.53. The highest BCUT2D eigenvalue weighted by molar-refractivity contribution is 6.30. The van der Waals surface area contributed by atoms with Crippen molar-refractivity contribution in [2.75, 3.05) is 11.9 Å². The highest BCUT2D eigenvalue weighted by Crippen LogP contribution is 2.36. The number of carbonyl (C=O) groups excluding carboxylic acids is 1. The molecule has 3 N–H and O–H groups in total. The molecule has 138 valence electrons. The largest absolute Gasteiger partial charge is 0.388 e. The molecule has 5 atom stereocenters. The fourth-order valence-electron chi connectivity index (χ4n) is 3.46. The van der Waals surface area contributed by atoms with E-state index in [4.69, 9.17) is 21.1 Å². The number of amides is 2. The van der Waals surface area contributed by atoms with E-state index in [0.29, 0.717) is 17.3 Å². The van der Waals surface area contributed by atoms with Crippen LogP contribution in [0.1, 0.15) is 11.9 Å². The second kappa shape index (κ2) is 6.88. The number of hydrogen-bond acceptors (Lipinski definition) is 5. The number of aromatic nitrogens is 2. The summed E-state index contributed by atoms with van der Waals surface area (Å²) in [4.78, 5) is 16.6. The van der Waals surface area contributed by atoms with Gasteiger partial charge in [-0.25, -0.2) is 9.78 Å². The van der Waals surface area contributed by atoms with Crippen molar-refractivity contribution >= 4 is 23.3 Å². The molecule has 3 heterocycles. The number of anilines is 1. The smallest absolute Gasteiger partial charge is 0.319 e. The summed E-state index contributed by atoms with van der Waals surface area (Å²) in [6, 6.07) is 5.26. The molecular weight excluding hydrogens is 360 g/mol. The Morgan fingerprint density at radius 1 is 1.46 bits per heavy atom. The number of benzene rings is 1. The van der Waals surface area contributed by atoms with Crippen LogP contribution in [0.5, 0.6) is 0 Å². The van der Waals surface area contributed by atoms with Crippen molar-refractivity contribution in [3.63, 3.8) is 0 Å². The van der Waals surface area contributed by atoms with E-state index in [0.717, 1.165) is 5.82 Å². The minimum Gasteiger partial charge on any atom is -0.388 e. The minimum atomic E-state index is -0.890. The van der Waals surface area contributed by atoms with Gasteiger partial charge in [-0.05, 0) is 25.1 Å². The van der Waals surface area contributed by atoms with Crippen molar-refractivity contribution in [2.24, 2.45) is 0 Å². The van der Waals surface area contributed by atoms with Gasteiger partial charge in [-0.3, -0.25) is 0 Å². The van der Waals surface area contributed by atoms with E-state index in [-0.39, 0.29) is 0 Å². The summed E-state index contributed by atoms with van der Waals surface area (Å²) in [5.74, 6) is 0.730. The molecule has 2 amide bonds. The Balaban J connectivity index is 1.50. The molecule has 0 spiro atoms. The normalized spacial score (nSPS) is 30.2. The molecule has 4 rings (SSSR count). The average molecular weight is 379 g/mol. The van der Waals surface area contributed by atoms with Crippen LogP contribution in [0.2, 0.25) is 5.02 Å². The van der Waals surface area contributed by atoms with Crippen LogP contribution in [0.15, 0.2) is 36.7 Å². The molecule has 0 radical (unpaired) electrons. The van der Waals surface area contributed by atoms with Gasteiger partial charge >= 0.3 is 6.03 Å². The molecule has 1 aromatic heterocycles. The lowest BCUT2D eigenvalue weighted by atomic mass is 9.96. The number of aliphatic hydroxyl groups is 1. The van der Waals surface area contributed by atoms with Crippen LogP contribution in [0, 0.1) is 6.92 Å². The zero-order valence-electron chi connectivity index (χ0n) is 14.0. The lowest BCUT2D eigenvalue weighted by Crippen LogP contribution is -2.59. The molecule has 2 bridgehead atoms. The van der Waals surface area contributed by atoms with Crippen molar-refractivity contribution in [1.29, 1.82) is 0 Å². The molecule has 8 nitrogen and oxygen atoms in total. The molecule has 0 saturated carbocycles. The second-order valence-electron chi connectivity index (χ2n) is 6.37. The van der Waals surface area contributed by atoms with E-state index in [1.807, 2.05) is 6.92 Å². The molecule has 2 saturated heterocycles. The Kier molecular flexibility index (Phi) is 4.58. The summed E-state index contributed by atoms with van der Waals surface area (Å²) < 4.78 is 13.3. The first kappa shape index (κ1) is 17.3. The number of carbonyl (C=O) groups is 1. The van der Waals surface area contributed by atoms with E-state index in [1.54, 1.807) is 41.2 Å². The minimum absolute atomic E-state index is 0.300. The van der Waals surface area contributed by atoms with E-state index in [2.05, 4.69) is 15.6 Å². The monoisotopic (exact) mass is 378 g/mol. The number of rotatable bonds is 3. The van der Waals surface area contributed by atoms with Gasteiger partial charge in [0.05, 0.1) is 12.6 Å². The van der Waals surface area contributed by atoms with Crippen molar-refractivity contribution in [2.45, 2.75) is 37.5 Å². The van der Waals surface area contributed by atoms with Crippen molar-refractivity contribution in [3.8, 4) is 0 Å². The lowest BCUT2D eigenvalue weighted by Gasteiger charge is -2.39. The third kappa shape index (κ3) is 3.16. The van der Waals surface area contributed by atoms with Crippen molar-refractivity contribution in [3.05, 3.63) is 47.5 Å². The number of fused-ring (bicyclic) bond motifs is 2. The van der Waals surface area contributed by atoms with Gasteiger partial charge in [0.15, 0.2) is 6.29 Å². The van der Waals surface area contributed by atoms with Gasteiger partial charge in [-0.15, -0.1) is 0 Å². The predicted octanol–water partition coefficient (Wildman–Crippen LogP) is 1.69. The molecule has 9 heteroatoms. The average Bonchev–Trinajstić information content (AvgIpc) is 3.20. The predicted molar refractivity (Wildman–Crippen MR) is 94.0 cm³/mol. The zero-order chi connectivity index (χ0) is 18.3. The zero-order valence-corrected chi connectivity index (χ0v) is 14.8. The van der Waals surface area contributed by atoms with Gasteiger partial charge in [0.1, 0.15) is 24.1 Å². The number of halogens is 1.